The van der Waals surface area contributed by atoms with Gasteiger partial charge in [-0.05, 0) is 15.9 Å². The van der Waals surface area contributed by atoms with Gasteiger partial charge >= 0.3 is 5.97 Å². The summed E-state index contributed by atoms with van der Waals surface area (Å²) in [5.41, 5.74) is 1.74. The number of carbonyl (C=O) groups excluding carboxylic acids is 1. The lowest BCUT2D eigenvalue weighted by Crippen LogP contribution is -2.34. The fourth-order valence-corrected chi connectivity index (χ4v) is 2.23. The van der Waals surface area contributed by atoms with Crippen LogP contribution in [0.1, 0.15) is 15.9 Å². The molecule has 0 bridgehead atoms. The number of ether oxygens (including phenoxy) is 1. The molecule has 0 radical (unpaired) electrons. The van der Waals surface area contributed by atoms with Crippen molar-refractivity contribution in [1.82, 2.24) is 0 Å². The third-order valence-corrected chi connectivity index (χ3v) is 3.21. The van der Waals surface area contributed by atoms with E-state index in [0.29, 0.717) is 5.56 Å². The Bertz CT molecular complexity index is 555. The summed E-state index contributed by atoms with van der Waals surface area (Å²) in [6.07, 6.45) is 3.74. The number of esters is 1. The summed E-state index contributed by atoms with van der Waals surface area (Å²) in [4.78, 5) is 11.4. The van der Waals surface area contributed by atoms with E-state index < -0.39 is 0 Å². The van der Waals surface area contributed by atoms with Gasteiger partial charge in [-0.1, -0.05) is 30.3 Å². The van der Waals surface area contributed by atoms with Gasteiger partial charge in [0.2, 0.25) is 0 Å². The van der Waals surface area contributed by atoms with Crippen molar-refractivity contribution >= 4 is 21.9 Å². The van der Waals surface area contributed by atoms with Gasteiger partial charge in [-0.3, -0.25) is 0 Å². The average molecular weight is 307 g/mol. The monoisotopic (exact) mass is 306 g/mol. The van der Waals surface area contributed by atoms with Gasteiger partial charge in [0.25, 0.3) is 0 Å². The molecule has 0 saturated heterocycles. The summed E-state index contributed by atoms with van der Waals surface area (Å²) in [6.45, 7) is 0.765. The molecule has 0 aliphatic heterocycles. The molecule has 3 nitrogen and oxygen atoms in total. The minimum atomic E-state index is -0.339. The predicted octanol–water partition coefficient (Wildman–Crippen LogP) is 2.57. The molecule has 0 atom stereocenters. The molecule has 18 heavy (non-hydrogen) atoms. The van der Waals surface area contributed by atoms with Crippen molar-refractivity contribution in [3.05, 3.63) is 64.4 Å². The summed E-state index contributed by atoms with van der Waals surface area (Å²) >= 11 is 3.38. The van der Waals surface area contributed by atoms with Crippen LogP contribution in [0.5, 0.6) is 0 Å². The zero-order valence-electron chi connectivity index (χ0n) is 9.97. The minimum Gasteiger partial charge on any atom is -0.465 e. The van der Waals surface area contributed by atoms with E-state index >= 15 is 0 Å². The van der Waals surface area contributed by atoms with Crippen LogP contribution in [-0.4, -0.2) is 13.1 Å². The van der Waals surface area contributed by atoms with Gasteiger partial charge < -0.3 is 4.74 Å². The molecule has 0 saturated carbocycles. The van der Waals surface area contributed by atoms with Crippen LogP contribution in [0.3, 0.4) is 0 Å². The number of halogens is 1. The van der Waals surface area contributed by atoms with Gasteiger partial charge in [0.15, 0.2) is 18.9 Å². The molecule has 0 aliphatic rings. The zero-order valence-corrected chi connectivity index (χ0v) is 11.6. The first kappa shape index (κ1) is 12.8. The van der Waals surface area contributed by atoms with Crippen molar-refractivity contribution in [2.45, 2.75) is 6.54 Å². The lowest BCUT2D eigenvalue weighted by Gasteiger charge is -2.02. The van der Waals surface area contributed by atoms with E-state index in [9.17, 15) is 4.79 Å². The second kappa shape index (κ2) is 5.78. The molecule has 92 valence electrons. The predicted molar refractivity (Wildman–Crippen MR) is 71.2 cm³/mol. The molecule has 0 N–H and O–H groups in total. The van der Waals surface area contributed by atoms with Crippen LogP contribution in [0.4, 0.5) is 0 Å². The van der Waals surface area contributed by atoms with Crippen molar-refractivity contribution in [3.63, 3.8) is 0 Å². The number of benzene rings is 1. The van der Waals surface area contributed by atoms with Crippen LogP contribution >= 0.6 is 15.9 Å². The standard InChI is InChI=1S/C14H13BrNO2/c1-18-14(17)12-7-8-16(10-13(12)15)9-11-5-3-2-4-6-11/h2-8,10H,9H2,1H3/q+1. The van der Waals surface area contributed by atoms with Crippen molar-refractivity contribution in [2.75, 3.05) is 7.11 Å². The Kier molecular flexibility index (Phi) is 4.10. The van der Waals surface area contributed by atoms with Gasteiger partial charge in [-0.25, -0.2) is 4.79 Å². The van der Waals surface area contributed by atoms with Crippen LogP contribution in [-0.2, 0) is 11.3 Å². The van der Waals surface area contributed by atoms with Gasteiger partial charge in [0.1, 0.15) is 0 Å². The number of rotatable bonds is 3. The summed E-state index contributed by atoms with van der Waals surface area (Å²) in [6, 6.07) is 11.9. The van der Waals surface area contributed by atoms with Gasteiger partial charge in [-0.15, -0.1) is 0 Å². The van der Waals surface area contributed by atoms with Crippen molar-refractivity contribution < 1.29 is 14.1 Å². The fourth-order valence-electron chi connectivity index (χ4n) is 1.68. The largest absolute Gasteiger partial charge is 0.465 e. The Morgan fingerprint density at radius 2 is 2.00 bits per heavy atom. The molecule has 0 unspecified atom stereocenters. The first-order valence-corrected chi connectivity index (χ1v) is 6.31. The van der Waals surface area contributed by atoms with E-state index in [0.717, 1.165) is 11.0 Å². The number of methoxy groups -OCH3 is 1. The van der Waals surface area contributed by atoms with E-state index in [1.54, 1.807) is 6.07 Å². The number of hydrogen-bond donors (Lipinski definition) is 0. The zero-order chi connectivity index (χ0) is 13.0. The highest BCUT2D eigenvalue weighted by Gasteiger charge is 2.14. The van der Waals surface area contributed by atoms with Crippen LogP contribution in [0.2, 0.25) is 0 Å². The van der Waals surface area contributed by atoms with Crippen LogP contribution in [0, 0.1) is 0 Å². The molecule has 0 aliphatic carbocycles. The van der Waals surface area contributed by atoms with E-state index in [4.69, 9.17) is 4.74 Å². The molecule has 0 amide bonds. The van der Waals surface area contributed by atoms with E-state index in [1.165, 1.54) is 12.7 Å². The molecular formula is C14H13BrNO2+. The van der Waals surface area contributed by atoms with Crippen LogP contribution < -0.4 is 4.57 Å². The molecular weight excluding hydrogens is 294 g/mol. The molecule has 2 rings (SSSR count). The highest BCUT2D eigenvalue weighted by molar-refractivity contribution is 9.10. The highest BCUT2D eigenvalue weighted by Crippen LogP contribution is 2.14. The Labute approximate surface area is 114 Å². The average Bonchev–Trinajstić information content (AvgIpc) is 2.39. The van der Waals surface area contributed by atoms with E-state index in [-0.39, 0.29) is 5.97 Å². The molecule has 1 aromatic heterocycles. The maximum absolute atomic E-state index is 11.4. The molecule has 0 fully saturated rings. The van der Waals surface area contributed by atoms with Crippen molar-refractivity contribution in [1.29, 1.82) is 0 Å². The third-order valence-electron chi connectivity index (χ3n) is 2.58. The molecule has 4 heteroatoms. The Hall–Kier alpha value is -1.68. The second-order valence-corrected chi connectivity index (χ2v) is 4.71. The van der Waals surface area contributed by atoms with Gasteiger partial charge in [0.05, 0.1) is 17.1 Å². The van der Waals surface area contributed by atoms with Gasteiger partial charge in [-0.2, -0.15) is 4.57 Å². The van der Waals surface area contributed by atoms with E-state index in [1.807, 2.05) is 35.2 Å². The lowest BCUT2D eigenvalue weighted by molar-refractivity contribution is -0.688. The number of aromatic nitrogens is 1. The quantitative estimate of drug-likeness (QED) is 0.644. The SMILES string of the molecule is COC(=O)c1cc[n+](Cc2ccccc2)cc1Br. The molecule has 1 aromatic carbocycles. The Morgan fingerprint density at radius 1 is 1.28 bits per heavy atom. The topological polar surface area (TPSA) is 30.2 Å². The first-order chi connectivity index (χ1) is 8.70. The summed E-state index contributed by atoms with van der Waals surface area (Å²) in [7, 11) is 1.37. The normalized spacial score (nSPS) is 10.1. The Morgan fingerprint density at radius 3 is 2.61 bits per heavy atom. The molecule has 1 heterocycles. The van der Waals surface area contributed by atoms with Crippen molar-refractivity contribution in [2.24, 2.45) is 0 Å². The number of nitrogens with zero attached hydrogens (tertiary/aromatic N) is 1. The summed E-state index contributed by atoms with van der Waals surface area (Å²) in [5, 5.41) is 0. The fraction of sp³-hybridized carbons (Fsp3) is 0.143. The maximum Gasteiger partial charge on any atom is 0.339 e. The number of carbonyl (C=O) groups is 1. The lowest BCUT2D eigenvalue weighted by atomic mass is 10.2. The van der Waals surface area contributed by atoms with Crippen LogP contribution in [0.15, 0.2) is 53.3 Å². The number of hydrogen-bond acceptors (Lipinski definition) is 2. The first-order valence-electron chi connectivity index (χ1n) is 5.51. The van der Waals surface area contributed by atoms with E-state index in [2.05, 4.69) is 28.1 Å². The van der Waals surface area contributed by atoms with Crippen molar-refractivity contribution in [3.8, 4) is 0 Å². The van der Waals surface area contributed by atoms with Gasteiger partial charge in [0, 0.05) is 11.6 Å². The highest BCUT2D eigenvalue weighted by atomic mass is 79.9. The maximum atomic E-state index is 11.4. The smallest absolute Gasteiger partial charge is 0.339 e. The number of pyridine rings is 1. The molecule has 0 spiro atoms. The van der Waals surface area contributed by atoms with Crippen LogP contribution in [0.25, 0.3) is 0 Å². The summed E-state index contributed by atoms with van der Waals surface area (Å²) < 4.78 is 7.43. The minimum absolute atomic E-state index is 0.339. The summed E-state index contributed by atoms with van der Waals surface area (Å²) in [5.74, 6) is -0.339. The third kappa shape index (κ3) is 2.96. The second-order valence-electron chi connectivity index (χ2n) is 3.86. The molecule has 2 aromatic rings. The Balaban J connectivity index is 2.22.